The van der Waals surface area contributed by atoms with E-state index >= 15 is 0 Å². The smallest absolute Gasteiger partial charge is 0.221 e. The molecule has 6 heteroatoms. The number of hydrogen-bond donors (Lipinski definition) is 3. The van der Waals surface area contributed by atoms with Crippen LogP contribution in [-0.4, -0.2) is 59.3 Å². The highest BCUT2D eigenvalue weighted by molar-refractivity contribution is 7.99. The fraction of sp³-hybridized carbons (Fsp3) is 0.909. The van der Waals surface area contributed by atoms with Gasteiger partial charge in [-0.3, -0.25) is 4.79 Å². The van der Waals surface area contributed by atoms with Crippen LogP contribution in [0.2, 0.25) is 0 Å². The third-order valence-corrected chi connectivity index (χ3v) is 5.15. The summed E-state index contributed by atoms with van der Waals surface area (Å²) >= 11 is 3.47. The van der Waals surface area contributed by atoms with Crippen molar-refractivity contribution in [3.8, 4) is 0 Å². The van der Waals surface area contributed by atoms with Crippen LogP contribution in [0.25, 0.3) is 0 Å². The predicted octanol–water partition coefficient (Wildman–Crippen LogP) is 0.310. The minimum Gasteiger partial charge on any atom is -0.395 e. The molecule has 0 aromatic carbocycles. The monoisotopic (exact) mass is 278 g/mol. The molecule has 0 bridgehead atoms. The average Bonchev–Trinajstić information content (AvgIpc) is 2.31. The fourth-order valence-corrected chi connectivity index (χ4v) is 3.39. The molecule has 100 valence electrons. The molecule has 1 fully saturated rings. The first kappa shape index (κ1) is 15.1. The highest BCUT2D eigenvalue weighted by Gasteiger charge is 2.20. The minimum atomic E-state index is 0.0127. The number of nitrogens with one attached hydrogen (secondary N) is 2. The van der Waals surface area contributed by atoms with Gasteiger partial charge in [-0.05, 0) is 13.2 Å². The van der Waals surface area contributed by atoms with Gasteiger partial charge in [0.2, 0.25) is 5.91 Å². The Balaban J connectivity index is 2.27. The lowest BCUT2D eigenvalue weighted by molar-refractivity contribution is -0.122. The van der Waals surface area contributed by atoms with Crippen molar-refractivity contribution in [1.82, 2.24) is 10.6 Å². The summed E-state index contributed by atoms with van der Waals surface area (Å²) in [5.74, 6) is 2.21. The van der Waals surface area contributed by atoms with Crippen molar-refractivity contribution >= 4 is 29.4 Å². The highest BCUT2D eigenvalue weighted by Crippen LogP contribution is 2.12. The molecular formula is C11H22N2O2S2. The first-order valence-electron chi connectivity index (χ1n) is 5.91. The van der Waals surface area contributed by atoms with Crippen molar-refractivity contribution in [2.45, 2.75) is 30.7 Å². The van der Waals surface area contributed by atoms with Gasteiger partial charge in [0.05, 0.1) is 6.61 Å². The lowest BCUT2D eigenvalue weighted by Crippen LogP contribution is -2.45. The number of carbonyl (C=O) groups is 1. The van der Waals surface area contributed by atoms with Crippen molar-refractivity contribution in [2.75, 3.05) is 30.9 Å². The molecule has 1 aliphatic rings. The van der Waals surface area contributed by atoms with Gasteiger partial charge in [-0.15, -0.1) is 0 Å². The predicted molar refractivity (Wildman–Crippen MR) is 75.7 cm³/mol. The van der Waals surface area contributed by atoms with E-state index in [1.54, 1.807) is 11.8 Å². The van der Waals surface area contributed by atoms with Gasteiger partial charge in [0.1, 0.15) is 0 Å². The number of aliphatic hydroxyl groups is 1. The Morgan fingerprint density at radius 3 is 3.00 bits per heavy atom. The lowest BCUT2D eigenvalue weighted by atomic mass is 10.2. The van der Waals surface area contributed by atoms with E-state index in [2.05, 4.69) is 10.6 Å². The molecule has 0 saturated carbocycles. The first-order chi connectivity index (χ1) is 8.17. The van der Waals surface area contributed by atoms with Crippen molar-refractivity contribution in [1.29, 1.82) is 0 Å². The fourth-order valence-electron chi connectivity index (χ4n) is 1.82. The Bertz CT molecular complexity index is 232. The number of rotatable bonds is 6. The third-order valence-electron chi connectivity index (χ3n) is 2.86. The summed E-state index contributed by atoms with van der Waals surface area (Å²) in [4.78, 5) is 11.8. The standard InChI is InChI=1S/C11H22N2O2S2/c1-8(10(6-14)16-2)13-11(15)5-9-7-17-4-3-12-9/h8-10,12,14H,3-7H2,1-2H3,(H,13,15). The summed E-state index contributed by atoms with van der Waals surface area (Å²) < 4.78 is 0. The van der Waals surface area contributed by atoms with Crippen molar-refractivity contribution in [3.63, 3.8) is 0 Å². The zero-order valence-electron chi connectivity index (χ0n) is 10.4. The van der Waals surface area contributed by atoms with E-state index in [0.29, 0.717) is 12.5 Å². The first-order valence-corrected chi connectivity index (χ1v) is 8.35. The highest BCUT2D eigenvalue weighted by atomic mass is 32.2. The van der Waals surface area contributed by atoms with Crippen molar-refractivity contribution < 1.29 is 9.90 Å². The summed E-state index contributed by atoms with van der Waals surface area (Å²) in [6.45, 7) is 3.03. The number of aliphatic hydroxyl groups excluding tert-OH is 1. The molecule has 0 aromatic heterocycles. The molecule has 0 aromatic rings. The minimum absolute atomic E-state index is 0.0127. The maximum Gasteiger partial charge on any atom is 0.221 e. The molecule has 3 N–H and O–H groups in total. The second-order valence-electron chi connectivity index (χ2n) is 4.24. The maximum atomic E-state index is 11.8. The van der Waals surface area contributed by atoms with Crippen LogP contribution >= 0.6 is 23.5 Å². The lowest BCUT2D eigenvalue weighted by Gasteiger charge is -2.25. The zero-order chi connectivity index (χ0) is 12.7. The molecule has 1 amide bonds. The number of hydrogen-bond acceptors (Lipinski definition) is 5. The largest absolute Gasteiger partial charge is 0.395 e. The molecule has 1 rings (SSSR count). The Morgan fingerprint density at radius 2 is 2.47 bits per heavy atom. The number of carbonyl (C=O) groups excluding carboxylic acids is 1. The SMILES string of the molecule is CSC(CO)C(C)NC(=O)CC1CSCCN1. The maximum absolute atomic E-state index is 11.8. The van der Waals surface area contributed by atoms with E-state index in [-0.39, 0.29) is 23.8 Å². The van der Waals surface area contributed by atoms with Gasteiger partial charge in [0.25, 0.3) is 0 Å². The van der Waals surface area contributed by atoms with Crippen molar-refractivity contribution in [2.24, 2.45) is 0 Å². The summed E-state index contributed by atoms with van der Waals surface area (Å²) in [5.41, 5.74) is 0. The zero-order valence-corrected chi connectivity index (χ0v) is 12.1. The average molecular weight is 278 g/mol. The van der Waals surface area contributed by atoms with Gasteiger partial charge in [0, 0.05) is 41.8 Å². The van der Waals surface area contributed by atoms with E-state index in [1.165, 1.54) is 0 Å². The molecule has 1 heterocycles. The van der Waals surface area contributed by atoms with Gasteiger partial charge in [-0.2, -0.15) is 23.5 Å². The Kier molecular flexibility index (Phi) is 7.34. The van der Waals surface area contributed by atoms with Gasteiger partial charge in [-0.1, -0.05) is 0 Å². The number of thioether (sulfide) groups is 2. The summed E-state index contributed by atoms with van der Waals surface area (Å²) in [7, 11) is 0. The van der Waals surface area contributed by atoms with Crippen molar-refractivity contribution in [3.05, 3.63) is 0 Å². The van der Waals surface area contributed by atoms with Crippen LogP contribution in [0.5, 0.6) is 0 Å². The van der Waals surface area contributed by atoms with Gasteiger partial charge in [0.15, 0.2) is 0 Å². The van der Waals surface area contributed by atoms with Crippen LogP contribution in [-0.2, 0) is 4.79 Å². The second kappa shape index (κ2) is 8.24. The van der Waals surface area contributed by atoms with Crippen LogP contribution in [0.4, 0.5) is 0 Å². The summed E-state index contributed by atoms with van der Waals surface area (Å²) in [6.07, 6.45) is 2.48. The summed E-state index contributed by atoms with van der Waals surface area (Å²) in [5, 5.41) is 15.5. The van der Waals surface area contributed by atoms with E-state index in [1.807, 2.05) is 24.9 Å². The Morgan fingerprint density at radius 1 is 1.71 bits per heavy atom. The quantitative estimate of drug-likeness (QED) is 0.653. The topological polar surface area (TPSA) is 61.4 Å². The van der Waals surface area contributed by atoms with Crippen LogP contribution < -0.4 is 10.6 Å². The van der Waals surface area contributed by atoms with Crippen LogP contribution in [0.3, 0.4) is 0 Å². The molecule has 3 atom stereocenters. The van der Waals surface area contributed by atoms with Crippen LogP contribution in [0.1, 0.15) is 13.3 Å². The molecule has 1 saturated heterocycles. The van der Waals surface area contributed by atoms with Crippen LogP contribution in [0.15, 0.2) is 0 Å². The van der Waals surface area contributed by atoms with E-state index in [0.717, 1.165) is 18.1 Å². The molecule has 0 radical (unpaired) electrons. The summed E-state index contributed by atoms with van der Waals surface area (Å²) in [6, 6.07) is 0.307. The Labute approximate surface area is 112 Å². The Hall–Kier alpha value is 0.0900. The van der Waals surface area contributed by atoms with Gasteiger partial charge in [-0.25, -0.2) is 0 Å². The van der Waals surface area contributed by atoms with E-state index < -0.39 is 0 Å². The second-order valence-corrected chi connectivity index (χ2v) is 6.47. The number of amides is 1. The van der Waals surface area contributed by atoms with E-state index in [4.69, 9.17) is 5.11 Å². The molecule has 17 heavy (non-hydrogen) atoms. The van der Waals surface area contributed by atoms with Gasteiger partial charge < -0.3 is 15.7 Å². The molecule has 3 unspecified atom stereocenters. The van der Waals surface area contributed by atoms with Crippen LogP contribution in [0, 0.1) is 0 Å². The van der Waals surface area contributed by atoms with E-state index in [9.17, 15) is 4.79 Å². The third kappa shape index (κ3) is 5.50. The van der Waals surface area contributed by atoms with Gasteiger partial charge >= 0.3 is 0 Å². The molecule has 1 aliphatic heterocycles. The normalized spacial score (nSPS) is 24.1. The molecule has 0 aliphatic carbocycles. The molecule has 4 nitrogen and oxygen atoms in total. The molecule has 0 spiro atoms. The molecular weight excluding hydrogens is 256 g/mol.